The summed E-state index contributed by atoms with van der Waals surface area (Å²) in [6.07, 6.45) is 8.43. The predicted molar refractivity (Wildman–Crippen MR) is 109 cm³/mol. The average molecular weight is 362 g/mol. The normalized spacial score (nSPS) is 24.4. The molecule has 1 atom stereocenters. The van der Waals surface area contributed by atoms with Crippen LogP contribution in [-0.4, -0.2) is 48.1 Å². The van der Waals surface area contributed by atoms with Crippen molar-refractivity contribution in [1.29, 1.82) is 0 Å². The highest BCUT2D eigenvalue weighted by atomic mass is 32.2. The van der Waals surface area contributed by atoms with Crippen molar-refractivity contribution in [1.82, 2.24) is 15.6 Å². The first-order valence-electron chi connectivity index (χ1n) is 9.47. The molecule has 3 heterocycles. The summed E-state index contributed by atoms with van der Waals surface area (Å²) in [6, 6.07) is 4.29. The lowest BCUT2D eigenvalue weighted by molar-refractivity contribution is 0.573. The molecule has 2 aliphatic heterocycles. The first kappa shape index (κ1) is 18.4. The molecule has 2 saturated heterocycles. The van der Waals surface area contributed by atoms with Crippen LogP contribution >= 0.6 is 11.8 Å². The number of hydrogen-bond acceptors (Lipinski definition) is 4. The molecular weight excluding hydrogens is 330 g/mol. The molecule has 138 valence electrons. The molecule has 1 unspecified atom stereocenters. The van der Waals surface area contributed by atoms with Crippen LogP contribution in [0.1, 0.15) is 44.6 Å². The van der Waals surface area contributed by atoms with Crippen LogP contribution in [0.5, 0.6) is 0 Å². The lowest BCUT2D eigenvalue weighted by Crippen LogP contribution is -2.43. The van der Waals surface area contributed by atoms with Crippen molar-refractivity contribution in [2.45, 2.75) is 50.3 Å². The van der Waals surface area contributed by atoms with Gasteiger partial charge in [0.05, 0.1) is 0 Å². The van der Waals surface area contributed by atoms with Gasteiger partial charge in [0.1, 0.15) is 5.82 Å². The van der Waals surface area contributed by atoms with Crippen molar-refractivity contribution in [3.8, 4) is 0 Å². The van der Waals surface area contributed by atoms with Gasteiger partial charge in [-0.25, -0.2) is 4.98 Å². The fourth-order valence-corrected chi connectivity index (χ4v) is 4.76. The third kappa shape index (κ3) is 5.27. The Labute approximate surface area is 156 Å². The molecule has 2 fully saturated rings. The molecular formula is C19H31N5S. The van der Waals surface area contributed by atoms with E-state index in [1.807, 2.05) is 13.2 Å². The molecule has 0 aromatic carbocycles. The molecule has 0 radical (unpaired) electrons. The van der Waals surface area contributed by atoms with Gasteiger partial charge in [-0.05, 0) is 62.5 Å². The number of pyridine rings is 1. The van der Waals surface area contributed by atoms with Gasteiger partial charge in [0.2, 0.25) is 0 Å². The Kier molecular flexibility index (Phi) is 6.45. The van der Waals surface area contributed by atoms with Crippen LogP contribution < -0.4 is 15.5 Å². The third-order valence-corrected chi connectivity index (χ3v) is 6.64. The minimum atomic E-state index is 0.343. The van der Waals surface area contributed by atoms with E-state index in [0.29, 0.717) is 4.75 Å². The van der Waals surface area contributed by atoms with Crippen LogP contribution in [0.25, 0.3) is 0 Å². The summed E-state index contributed by atoms with van der Waals surface area (Å²) in [4.78, 5) is 11.3. The maximum atomic E-state index is 4.56. The quantitative estimate of drug-likeness (QED) is 0.624. The summed E-state index contributed by atoms with van der Waals surface area (Å²) in [6.45, 7) is 6.34. The Bertz CT molecular complexity index is 577. The molecule has 6 heteroatoms. The molecule has 0 saturated carbocycles. The maximum Gasteiger partial charge on any atom is 0.191 e. The molecule has 1 aromatic heterocycles. The van der Waals surface area contributed by atoms with E-state index in [1.165, 1.54) is 43.4 Å². The van der Waals surface area contributed by atoms with Crippen molar-refractivity contribution in [3.63, 3.8) is 0 Å². The third-order valence-electron chi connectivity index (χ3n) is 5.10. The predicted octanol–water partition coefficient (Wildman–Crippen LogP) is 3.02. The van der Waals surface area contributed by atoms with E-state index in [-0.39, 0.29) is 0 Å². The second-order valence-corrected chi connectivity index (χ2v) is 8.93. The monoisotopic (exact) mass is 361 g/mol. The highest BCUT2D eigenvalue weighted by Gasteiger charge is 2.29. The number of nitrogens with zero attached hydrogens (tertiary/aromatic N) is 3. The van der Waals surface area contributed by atoms with Gasteiger partial charge in [-0.2, -0.15) is 11.8 Å². The number of thioether (sulfide) groups is 1. The fraction of sp³-hybridized carbons (Fsp3) is 0.684. The van der Waals surface area contributed by atoms with E-state index < -0.39 is 0 Å². The van der Waals surface area contributed by atoms with Gasteiger partial charge >= 0.3 is 0 Å². The summed E-state index contributed by atoms with van der Waals surface area (Å²) in [5.41, 5.74) is 1.25. The van der Waals surface area contributed by atoms with Crippen LogP contribution in [-0.2, 0) is 6.54 Å². The molecule has 2 N–H and O–H groups in total. The maximum absolute atomic E-state index is 4.56. The largest absolute Gasteiger partial charge is 0.357 e. The van der Waals surface area contributed by atoms with Crippen molar-refractivity contribution in [2.24, 2.45) is 4.99 Å². The first-order chi connectivity index (χ1) is 12.2. The van der Waals surface area contributed by atoms with Crippen molar-refractivity contribution < 1.29 is 0 Å². The highest BCUT2D eigenvalue weighted by Crippen LogP contribution is 2.36. The van der Waals surface area contributed by atoms with Crippen LogP contribution in [0.3, 0.4) is 0 Å². The summed E-state index contributed by atoms with van der Waals surface area (Å²) >= 11 is 2.07. The SMILES string of the molecule is CN=C(NCc1ccnc(N2CCCCC2)c1)NCC1(C)CCCS1. The van der Waals surface area contributed by atoms with Crippen molar-refractivity contribution in [3.05, 3.63) is 23.9 Å². The number of nitrogens with one attached hydrogen (secondary N) is 2. The molecule has 0 amide bonds. The second-order valence-electron chi connectivity index (χ2n) is 7.25. The fourth-order valence-electron chi connectivity index (χ4n) is 3.52. The molecule has 0 spiro atoms. The zero-order valence-electron chi connectivity index (χ0n) is 15.6. The number of hydrogen-bond donors (Lipinski definition) is 2. The number of piperidine rings is 1. The number of aliphatic imine (C=N–C) groups is 1. The minimum Gasteiger partial charge on any atom is -0.357 e. The van der Waals surface area contributed by atoms with Gasteiger partial charge in [0.25, 0.3) is 0 Å². The Morgan fingerprint density at radius 3 is 2.84 bits per heavy atom. The lowest BCUT2D eigenvalue weighted by Gasteiger charge is -2.28. The van der Waals surface area contributed by atoms with Crippen LogP contribution in [0.2, 0.25) is 0 Å². The van der Waals surface area contributed by atoms with Gasteiger partial charge in [-0.1, -0.05) is 0 Å². The average Bonchev–Trinajstić information content (AvgIpc) is 3.10. The number of anilines is 1. The summed E-state index contributed by atoms with van der Waals surface area (Å²) < 4.78 is 0.343. The van der Waals surface area contributed by atoms with Crippen LogP contribution in [0.15, 0.2) is 23.3 Å². The second kappa shape index (κ2) is 8.79. The highest BCUT2D eigenvalue weighted by molar-refractivity contribution is 8.00. The topological polar surface area (TPSA) is 52.6 Å². The zero-order valence-corrected chi connectivity index (χ0v) is 16.4. The molecule has 5 nitrogen and oxygen atoms in total. The molecule has 0 aliphatic carbocycles. The first-order valence-corrected chi connectivity index (χ1v) is 10.5. The zero-order chi connectivity index (χ0) is 17.5. The van der Waals surface area contributed by atoms with Crippen molar-refractivity contribution in [2.75, 3.05) is 37.3 Å². The number of guanidine groups is 1. The molecule has 3 rings (SSSR count). The smallest absolute Gasteiger partial charge is 0.191 e. The summed E-state index contributed by atoms with van der Waals surface area (Å²) in [7, 11) is 1.84. The standard InChI is InChI=1S/C19H31N5S/c1-19(8-6-12-25-19)15-23-18(20-2)22-14-16-7-9-21-17(13-16)24-10-4-3-5-11-24/h7,9,13H,3-6,8,10-12,14-15H2,1-2H3,(H2,20,22,23). The molecule has 0 bridgehead atoms. The number of rotatable bonds is 5. The Morgan fingerprint density at radius 2 is 2.12 bits per heavy atom. The van der Waals surface area contributed by atoms with E-state index in [2.05, 4.69) is 56.3 Å². The van der Waals surface area contributed by atoms with Crippen LogP contribution in [0.4, 0.5) is 5.82 Å². The number of aromatic nitrogens is 1. The van der Waals surface area contributed by atoms with E-state index in [9.17, 15) is 0 Å². The van der Waals surface area contributed by atoms with Gasteiger partial charge in [-0.15, -0.1) is 0 Å². The molecule has 1 aromatic rings. The van der Waals surface area contributed by atoms with Gasteiger partial charge in [0.15, 0.2) is 5.96 Å². The van der Waals surface area contributed by atoms with Gasteiger partial charge < -0.3 is 15.5 Å². The minimum absolute atomic E-state index is 0.343. The van der Waals surface area contributed by atoms with Crippen molar-refractivity contribution >= 4 is 23.5 Å². The Hall–Kier alpha value is -1.43. The summed E-state index contributed by atoms with van der Waals surface area (Å²) in [5.74, 6) is 3.27. The van der Waals surface area contributed by atoms with E-state index in [1.54, 1.807) is 0 Å². The van der Waals surface area contributed by atoms with E-state index >= 15 is 0 Å². The van der Waals surface area contributed by atoms with Gasteiger partial charge in [0, 0.05) is 44.2 Å². The lowest BCUT2D eigenvalue weighted by atomic mass is 10.1. The molecule has 2 aliphatic rings. The Morgan fingerprint density at radius 1 is 1.28 bits per heavy atom. The van der Waals surface area contributed by atoms with Crippen LogP contribution in [0, 0.1) is 0 Å². The Balaban J connectivity index is 1.51. The molecule has 25 heavy (non-hydrogen) atoms. The van der Waals surface area contributed by atoms with E-state index in [4.69, 9.17) is 0 Å². The van der Waals surface area contributed by atoms with E-state index in [0.717, 1.165) is 38.0 Å². The summed E-state index contributed by atoms with van der Waals surface area (Å²) in [5, 5.41) is 6.93. The van der Waals surface area contributed by atoms with Gasteiger partial charge in [-0.3, -0.25) is 4.99 Å².